The van der Waals surface area contributed by atoms with Gasteiger partial charge in [0.15, 0.2) is 0 Å². The van der Waals surface area contributed by atoms with Crippen molar-refractivity contribution in [2.75, 3.05) is 13.2 Å². The van der Waals surface area contributed by atoms with E-state index in [-0.39, 0.29) is 6.61 Å². The van der Waals surface area contributed by atoms with Crippen molar-refractivity contribution in [1.82, 2.24) is 0 Å². The molecular formula is C14H17BrO3. The molecule has 3 nitrogen and oxygen atoms in total. The Kier molecular flexibility index (Phi) is 3.34. The third-order valence-corrected chi connectivity index (χ3v) is 4.43. The molecule has 18 heavy (non-hydrogen) atoms. The molecule has 98 valence electrons. The van der Waals surface area contributed by atoms with Crippen LogP contribution < -0.4 is 4.74 Å². The van der Waals surface area contributed by atoms with Crippen LogP contribution in [0.15, 0.2) is 16.6 Å². The lowest BCUT2D eigenvalue weighted by Crippen LogP contribution is -2.39. The van der Waals surface area contributed by atoms with Crippen molar-refractivity contribution in [3.63, 3.8) is 0 Å². The van der Waals surface area contributed by atoms with Crippen LogP contribution in [-0.4, -0.2) is 24.1 Å². The second-order valence-corrected chi connectivity index (χ2v) is 5.81. The monoisotopic (exact) mass is 312 g/mol. The molecule has 1 atom stereocenters. The quantitative estimate of drug-likeness (QED) is 0.912. The average molecular weight is 313 g/mol. The van der Waals surface area contributed by atoms with Crippen LogP contribution in [0.3, 0.4) is 0 Å². The summed E-state index contributed by atoms with van der Waals surface area (Å²) in [5.41, 5.74) is 2.41. The Balaban J connectivity index is 1.97. The van der Waals surface area contributed by atoms with Crippen molar-refractivity contribution in [2.45, 2.75) is 37.9 Å². The predicted octanol–water partition coefficient (Wildman–Crippen LogP) is 2.82. The largest absolute Gasteiger partial charge is 0.461 e. The summed E-state index contributed by atoms with van der Waals surface area (Å²) in [4.78, 5) is 0. The molecule has 1 fully saturated rings. The van der Waals surface area contributed by atoms with E-state index in [4.69, 9.17) is 14.6 Å². The van der Waals surface area contributed by atoms with Gasteiger partial charge in [0.1, 0.15) is 5.75 Å². The molecule has 3 rings (SSSR count). The zero-order valence-electron chi connectivity index (χ0n) is 10.2. The van der Waals surface area contributed by atoms with Gasteiger partial charge in [-0.1, -0.05) is 6.07 Å². The van der Waals surface area contributed by atoms with E-state index in [9.17, 15) is 0 Å². The van der Waals surface area contributed by atoms with Gasteiger partial charge in [-0.15, -0.1) is 0 Å². The van der Waals surface area contributed by atoms with Crippen LogP contribution in [0.1, 0.15) is 30.4 Å². The van der Waals surface area contributed by atoms with Gasteiger partial charge < -0.3 is 14.6 Å². The first kappa shape index (κ1) is 12.5. The predicted molar refractivity (Wildman–Crippen MR) is 71.8 cm³/mol. The van der Waals surface area contributed by atoms with Crippen molar-refractivity contribution >= 4 is 15.9 Å². The highest BCUT2D eigenvalue weighted by Crippen LogP contribution is 2.44. The number of benzene rings is 1. The third-order valence-electron chi connectivity index (χ3n) is 3.80. The Morgan fingerprint density at radius 2 is 2.22 bits per heavy atom. The Labute approximate surface area is 115 Å². The molecule has 2 aliphatic rings. The molecular weight excluding hydrogens is 296 g/mol. The number of hydrogen-bond donors (Lipinski definition) is 1. The van der Waals surface area contributed by atoms with Gasteiger partial charge in [0.2, 0.25) is 5.79 Å². The molecule has 2 aliphatic heterocycles. The number of fused-ring (bicyclic) bond motifs is 1. The van der Waals surface area contributed by atoms with E-state index in [0.29, 0.717) is 6.42 Å². The molecule has 0 radical (unpaired) electrons. The zero-order valence-corrected chi connectivity index (χ0v) is 11.8. The second-order valence-electron chi connectivity index (χ2n) is 4.95. The standard InChI is InChI=1S/C14H17BrO3/c15-12-3-2-10(5-8-16)11-4-7-14(18-13(11)12)6-1-9-17-14/h2-3,16H,1,4-9H2/t14-/m1/s1. The van der Waals surface area contributed by atoms with E-state index in [2.05, 4.69) is 22.0 Å². The van der Waals surface area contributed by atoms with Crippen LogP contribution in [0.2, 0.25) is 0 Å². The molecule has 1 aromatic carbocycles. The minimum atomic E-state index is -0.395. The van der Waals surface area contributed by atoms with E-state index in [1.807, 2.05) is 6.07 Å². The Bertz CT molecular complexity index is 453. The molecule has 0 aliphatic carbocycles. The molecule has 1 aromatic rings. The Hall–Kier alpha value is -0.580. The Morgan fingerprint density at radius 3 is 2.94 bits per heavy atom. The lowest BCUT2D eigenvalue weighted by atomic mass is 9.93. The van der Waals surface area contributed by atoms with Gasteiger partial charge in [0, 0.05) is 19.4 Å². The molecule has 0 amide bonds. The summed E-state index contributed by atoms with van der Waals surface area (Å²) in [5, 5.41) is 9.12. The van der Waals surface area contributed by atoms with Crippen LogP contribution in [-0.2, 0) is 17.6 Å². The highest BCUT2D eigenvalue weighted by Gasteiger charge is 2.41. The first-order valence-electron chi connectivity index (χ1n) is 6.48. The van der Waals surface area contributed by atoms with Gasteiger partial charge in [-0.2, -0.15) is 0 Å². The first-order chi connectivity index (χ1) is 8.74. The van der Waals surface area contributed by atoms with Gasteiger partial charge in [-0.3, -0.25) is 0 Å². The zero-order chi connectivity index (χ0) is 12.6. The minimum Gasteiger partial charge on any atom is -0.461 e. The number of halogens is 1. The van der Waals surface area contributed by atoms with Crippen LogP contribution in [0, 0.1) is 0 Å². The SMILES string of the molecule is OCCc1ccc(Br)c2c1CC[C@@]1(CCCO1)O2. The Morgan fingerprint density at radius 1 is 1.33 bits per heavy atom. The summed E-state index contributed by atoms with van der Waals surface area (Å²) < 4.78 is 12.9. The fraction of sp³-hybridized carbons (Fsp3) is 0.571. The van der Waals surface area contributed by atoms with Crippen LogP contribution >= 0.6 is 15.9 Å². The normalized spacial score (nSPS) is 26.1. The summed E-state index contributed by atoms with van der Waals surface area (Å²) in [6, 6.07) is 4.06. The fourth-order valence-electron chi connectivity index (χ4n) is 2.88. The van der Waals surface area contributed by atoms with E-state index < -0.39 is 5.79 Å². The van der Waals surface area contributed by atoms with E-state index in [0.717, 1.165) is 42.5 Å². The topological polar surface area (TPSA) is 38.7 Å². The highest BCUT2D eigenvalue weighted by atomic mass is 79.9. The van der Waals surface area contributed by atoms with E-state index in [1.54, 1.807) is 0 Å². The van der Waals surface area contributed by atoms with Crippen molar-refractivity contribution in [2.24, 2.45) is 0 Å². The maximum absolute atomic E-state index is 9.12. The van der Waals surface area contributed by atoms with Crippen LogP contribution in [0.25, 0.3) is 0 Å². The molecule has 1 spiro atoms. The molecule has 1 saturated heterocycles. The number of rotatable bonds is 2. The van der Waals surface area contributed by atoms with Gasteiger partial charge in [-0.05, 0) is 52.4 Å². The molecule has 0 saturated carbocycles. The summed E-state index contributed by atoms with van der Waals surface area (Å²) in [6.07, 6.45) is 4.61. The van der Waals surface area contributed by atoms with Crippen molar-refractivity contribution in [3.8, 4) is 5.75 Å². The lowest BCUT2D eigenvalue weighted by Gasteiger charge is -2.36. The average Bonchev–Trinajstić information content (AvgIpc) is 2.82. The summed E-state index contributed by atoms with van der Waals surface area (Å²) in [5.74, 6) is 0.516. The van der Waals surface area contributed by atoms with Gasteiger partial charge in [-0.25, -0.2) is 0 Å². The van der Waals surface area contributed by atoms with Crippen molar-refractivity contribution < 1.29 is 14.6 Å². The summed E-state index contributed by atoms with van der Waals surface area (Å²) >= 11 is 3.55. The first-order valence-corrected chi connectivity index (χ1v) is 7.27. The summed E-state index contributed by atoms with van der Waals surface area (Å²) in [6.45, 7) is 0.971. The molecule has 0 bridgehead atoms. The minimum absolute atomic E-state index is 0.176. The fourth-order valence-corrected chi connectivity index (χ4v) is 3.33. The third kappa shape index (κ3) is 2.06. The highest BCUT2D eigenvalue weighted by molar-refractivity contribution is 9.10. The molecule has 1 N–H and O–H groups in total. The van der Waals surface area contributed by atoms with Crippen LogP contribution in [0.4, 0.5) is 0 Å². The van der Waals surface area contributed by atoms with Gasteiger partial charge >= 0.3 is 0 Å². The molecule has 0 aromatic heterocycles. The van der Waals surface area contributed by atoms with E-state index >= 15 is 0 Å². The molecule has 4 heteroatoms. The number of aliphatic hydroxyl groups excluding tert-OH is 1. The van der Waals surface area contributed by atoms with Gasteiger partial charge in [0.05, 0.1) is 11.1 Å². The van der Waals surface area contributed by atoms with Crippen LogP contribution in [0.5, 0.6) is 5.75 Å². The van der Waals surface area contributed by atoms with Crippen molar-refractivity contribution in [1.29, 1.82) is 0 Å². The van der Waals surface area contributed by atoms with Gasteiger partial charge in [0.25, 0.3) is 0 Å². The maximum atomic E-state index is 9.12. The lowest BCUT2D eigenvalue weighted by molar-refractivity contribution is -0.160. The van der Waals surface area contributed by atoms with Crippen molar-refractivity contribution in [3.05, 3.63) is 27.7 Å². The number of hydrogen-bond acceptors (Lipinski definition) is 3. The smallest absolute Gasteiger partial charge is 0.211 e. The number of ether oxygens (including phenoxy) is 2. The maximum Gasteiger partial charge on any atom is 0.211 e. The van der Waals surface area contributed by atoms with E-state index in [1.165, 1.54) is 11.1 Å². The number of aliphatic hydroxyl groups is 1. The molecule has 2 heterocycles. The second kappa shape index (κ2) is 4.83. The summed E-state index contributed by atoms with van der Waals surface area (Å²) in [7, 11) is 0. The molecule has 0 unspecified atom stereocenters.